The van der Waals surface area contributed by atoms with Crippen LogP contribution in [0.4, 0.5) is 0 Å². The van der Waals surface area contributed by atoms with Crippen LogP contribution in [0.15, 0.2) is 53.3 Å². The number of para-hydroxylation sites is 1. The van der Waals surface area contributed by atoms with E-state index in [0.29, 0.717) is 29.9 Å². The lowest BCUT2D eigenvalue weighted by Gasteiger charge is -2.18. The van der Waals surface area contributed by atoms with Gasteiger partial charge in [-0.2, -0.15) is 0 Å². The predicted octanol–water partition coefficient (Wildman–Crippen LogP) is 3.55. The summed E-state index contributed by atoms with van der Waals surface area (Å²) in [6, 6.07) is 15.4. The monoisotopic (exact) mass is 365 g/mol. The third-order valence-electron chi connectivity index (χ3n) is 4.81. The molecule has 2 aromatic carbocycles. The van der Waals surface area contributed by atoms with Crippen LogP contribution in [0.25, 0.3) is 16.6 Å². The Hall–Kier alpha value is -2.50. The molecule has 3 aromatic rings. The molecule has 0 amide bonds. The number of aryl methyl sites for hydroxylation is 1. The molecule has 0 aliphatic carbocycles. The van der Waals surface area contributed by atoms with Gasteiger partial charge in [-0.25, -0.2) is 4.98 Å². The van der Waals surface area contributed by atoms with Crippen LogP contribution in [-0.2, 0) is 11.3 Å². The summed E-state index contributed by atoms with van der Waals surface area (Å²) >= 11 is 0. The van der Waals surface area contributed by atoms with E-state index in [1.807, 2.05) is 55.5 Å². The van der Waals surface area contributed by atoms with E-state index in [4.69, 9.17) is 9.72 Å². The lowest BCUT2D eigenvalue weighted by atomic mass is 10.2. The van der Waals surface area contributed by atoms with Crippen LogP contribution in [0.1, 0.15) is 25.2 Å². The summed E-state index contributed by atoms with van der Waals surface area (Å²) in [6.45, 7) is 10.1. The Bertz CT molecular complexity index is 944. The van der Waals surface area contributed by atoms with Gasteiger partial charge < -0.3 is 9.64 Å². The Labute approximate surface area is 160 Å². The van der Waals surface area contributed by atoms with Crippen molar-refractivity contribution in [2.75, 3.05) is 26.2 Å². The van der Waals surface area contributed by atoms with Crippen molar-refractivity contribution >= 4 is 10.9 Å². The minimum Gasteiger partial charge on any atom is -0.372 e. The summed E-state index contributed by atoms with van der Waals surface area (Å²) in [5.41, 5.74) is 2.60. The van der Waals surface area contributed by atoms with Crippen molar-refractivity contribution < 1.29 is 4.74 Å². The van der Waals surface area contributed by atoms with Gasteiger partial charge in [0.25, 0.3) is 5.56 Å². The predicted molar refractivity (Wildman–Crippen MR) is 110 cm³/mol. The molecule has 0 spiro atoms. The topological polar surface area (TPSA) is 47.4 Å². The van der Waals surface area contributed by atoms with Crippen molar-refractivity contribution in [2.45, 2.75) is 27.4 Å². The first kappa shape index (κ1) is 19.3. The normalized spacial score (nSPS) is 11.4. The maximum absolute atomic E-state index is 13.1. The molecule has 5 nitrogen and oxygen atoms in total. The molecule has 27 heavy (non-hydrogen) atoms. The highest BCUT2D eigenvalue weighted by Crippen LogP contribution is 2.14. The highest BCUT2D eigenvalue weighted by molar-refractivity contribution is 5.77. The Morgan fingerprint density at radius 1 is 1.04 bits per heavy atom. The molecular weight excluding hydrogens is 338 g/mol. The molecule has 0 aliphatic heterocycles. The van der Waals surface area contributed by atoms with Crippen molar-refractivity contribution in [3.63, 3.8) is 0 Å². The maximum atomic E-state index is 13.1. The second-order valence-corrected chi connectivity index (χ2v) is 6.60. The first-order valence-corrected chi connectivity index (χ1v) is 9.51. The largest absolute Gasteiger partial charge is 0.372 e. The molecule has 0 atom stereocenters. The summed E-state index contributed by atoms with van der Waals surface area (Å²) < 4.78 is 7.55. The molecule has 0 N–H and O–H groups in total. The zero-order chi connectivity index (χ0) is 19.2. The fraction of sp³-hybridized carbons (Fsp3) is 0.364. The van der Waals surface area contributed by atoms with E-state index < -0.39 is 0 Å². The van der Waals surface area contributed by atoms with Gasteiger partial charge in [-0.3, -0.25) is 9.36 Å². The van der Waals surface area contributed by atoms with E-state index in [-0.39, 0.29) is 5.56 Å². The minimum atomic E-state index is -0.0632. The molecule has 0 fully saturated rings. The van der Waals surface area contributed by atoms with E-state index >= 15 is 0 Å². The number of likely N-dealkylation sites (N-methyl/N-ethyl adjacent to an activating group) is 1. The van der Waals surface area contributed by atoms with Gasteiger partial charge in [-0.15, -0.1) is 0 Å². The third-order valence-corrected chi connectivity index (χ3v) is 4.81. The molecule has 142 valence electrons. The van der Waals surface area contributed by atoms with E-state index in [2.05, 4.69) is 18.7 Å². The van der Waals surface area contributed by atoms with Crippen LogP contribution in [0.3, 0.4) is 0 Å². The quantitative estimate of drug-likeness (QED) is 0.573. The molecule has 0 radical (unpaired) electrons. The molecule has 0 bridgehead atoms. The number of rotatable bonds is 8. The van der Waals surface area contributed by atoms with E-state index in [1.165, 1.54) is 0 Å². The van der Waals surface area contributed by atoms with E-state index in [1.54, 1.807) is 4.57 Å². The van der Waals surface area contributed by atoms with Crippen LogP contribution in [0.5, 0.6) is 0 Å². The van der Waals surface area contributed by atoms with Crippen LogP contribution in [-0.4, -0.2) is 40.7 Å². The molecule has 0 unspecified atom stereocenters. The molecule has 0 aliphatic rings. The molecule has 0 saturated heterocycles. The molecule has 1 aromatic heterocycles. The highest BCUT2D eigenvalue weighted by atomic mass is 16.5. The SMILES string of the molecule is CCN(CC)CCOCc1nc2ccccc2c(=O)n1-c1ccc(C)cc1. The fourth-order valence-electron chi connectivity index (χ4n) is 3.13. The molecule has 3 rings (SSSR count). The Balaban J connectivity index is 1.93. The Kier molecular flexibility index (Phi) is 6.37. The molecular formula is C22H27N3O2. The number of ether oxygens (including phenoxy) is 1. The smallest absolute Gasteiger partial charge is 0.266 e. The third kappa shape index (κ3) is 4.43. The molecule has 1 heterocycles. The molecule has 5 heteroatoms. The van der Waals surface area contributed by atoms with Gasteiger partial charge in [0.1, 0.15) is 12.4 Å². The van der Waals surface area contributed by atoms with Crippen molar-refractivity contribution in [3.8, 4) is 5.69 Å². The lowest BCUT2D eigenvalue weighted by molar-refractivity contribution is 0.0902. The Morgan fingerprint density at radius 2 is 1.74 bits per heavy atom. The van der Waals surface area contributed by atoms with Gasteiger partial charge in [-0.1, -0.05) is 43.7 Å². The van der Waals surface area contributed by atoms with Gasteiger partial charge in [0.15, 0.2) is 0 Å². The number of benzene rings is 2. The summed E-state index contributed by atoms with van der Waals surface area (Å²) in [4.78, 5) is 20.1. The highest BCUT2D eigenvalue weighted by Gasteiger charge is 2.13. The zero-order valence-electron chi connectivity index (χ0n) is 16.3. The summed E-state index contributed by atoms with van der Waals surface area (Å²) in [6.07, 6.45) is 0. The minimum absolute atomic E-state index is 0.0632. The van der Waals surface area contributed by atoms with Gasteiger partial charge in [-0.05, 0) is 44.3 Å². The van der Waals surface area contributed by atoms with Crippen LogP contribution in [0.2, 0.25) is 0 Å². The van der Waals surface area contributed by atoms with Crippen molar-refractivity contribution in [2.24, 2.45) is 0 Å². The average Bonchev–Trinajstić information content (AvgIpc) is 2.69. The molecule has 0 saturated carbocycles. The second kappa shape index (κ2) is 8.93. The van der Waals surface area contributed by atoms with Crippen molar-refractivity contribution in [1.82, 2.24) is 14.5 Å². The standard InChI is InChI=1S/C22H27N3O2/c1-4-24(5-2)14-15-27-16-21-23-20-9-7-6-8-19(20)22(26)25(21)18-12-10-17(3)11-13-18/h6-13H,4-5,14-16H2,1-3H3. The average molecular weight is 365 g/mol. The van der Waals surface area contributed by atoms with Crippen molar-refractivity contribution in [1.29, 1.82) is 0 Å². The Morgan fingerprint density at radius 3 is 2.44 bits per heavy atom. The zero-order valence-corrected chi connectivity index (χ0v) is 16.3. The maximum Gasteiger partial charge on any atom is 0.266 e. The van der Waals surface area contributed by atoms with Gasteiger partial charge in [0.2, 0.25) is 0 Å². The first-order chi connectivity index (χ1) is 13.1. The number of fused-ring (bicyclic) bond motifs is 1. The second-order valence-electron chi connectivity index (χ2n) is 6.60. The van der Waals surface area contributed by atoms with Crippen LogP contribution >= 0.6 is 0 Å². The summed E-state index contributed by atoms with van der Waals surface area (Å²) in [5, 5.41) is 0.616. The first-order valence-electron chi connectivity index (χ1n) is 9.51. The lowest BCUT2D eigenvalue weighted by Crippen LogP contribution is -2.28. The number of hydrogen-bond donors (Lipinski definition) is 0. The summed E-state index contributed by atoms with van der Waals surface area (Å²) in [5.74, 6) is 0.627. The number of hydrogen-bond acceptors (Lipinski definition) is 4. The van der Waals surface area contributed by atoms with E-state index in [0.717, 1.165) is 30.9 Å². The number of nitrogens with zero attached hydrogens (tertiary/aromatic N) is 3. The fourth-order valence-corrected chi connectivity index (χ4v) is 3.13. The summed E-state index contributed by atoms with van der Waals surface area (Å²) in [7, 11) is 0. The van der Waals surface area contributed by atoms with Crippen LogP contribution < -0.4 is 5.56 Å². The van der Waals surface area contributed by atoms with Crippen LogP contribution in [0, 0.1) is 6.92 Å². The van der Waals surface area contributed by atoms with Crippen molar-refractivity contribution in [3.05, 3.63) is 70.3 Å². The van der Waals surface area contributed by atoms with Gasteiger partial charge in [0, 0.05) is 6.54 Å². The van der Waals surface area contributed by atoms with Gasteiger partial charge >= 0.3 is 0 Å². The van der Waals surface area contributed by atoms with E-state index in [9.17, 15) is 4.79 Å². The number of aromatic nitrogens is 2. The van der Waals surface area contributed by atoms with Gasteiger partial charge in [0.05, 0.1) is 23.2 Å².